The molecule has 1 unspecified atom stereocenters. The number of carbonyl (C=O) groups is 2. The molecule has 51 heavy (non-hydrogen) atoms. The third-order valence-corrected chi connectivity index (χ3v) is 8.32. The molecule has 0 spiro atoms. The van der Waals surface area contributed by atoms with Crippen LogP contribution in [0.1, 0.15) is 76.2 Å². The predicted molar refractivity (Wildman–Crippen MR) is 188 cm³/mol. The Morgan fingerprint density at radius 3 is 2.35 bits per heavy atom. The molecular formula is C35H38Cl2F3N9O2. The highest BCUT2D eigenvalue weighted by molar-refractivity contribution is 6.32. The summed E-state index contributed by atoms with van der Waals surface area (Å²) < 4.78 is 38.8. The van der Waals surface area contributed by atoms with Gasteiger partial charge in [0.25, 0.3) is 11.7 Å². The SMILES string of the molecule is CC.CC(=O)c1cc(Cn2nnc(C(F)(F)F)n2)nn1-c1ncccc1Cl.Cc1cc(Cl)cc(C(=O)NC2CCN(Cc3ccccc3)C2)c1C. The smallest absolute Gasteiger partial charge is 0.348 e. The Balaban J connectivity index is 0.000000218. The molecule has 11 nitrogen and oxygen atoms in total. The highest BCUT2D eigenvalue weighted by Gasteiger charge is 2.37. The van der Waals surface area contributed by atoms with Crippen LogP contribution in [-0.2, 0) is 19.3 Å². The first-order valence-corrected chi connectivity index (χ1v) is 16.9. The molecule has 4 heterocycles. The molecule has 2 aromatic carbocycles. The van der Waals surface area contributed by atoms with Crippen molar-refractivity contribution in [2.75, 3.05) is 13.1 Å². The largest absolute Gasteiger partial charge is 0.455 e. The average molecular weight is 745 g/mol. The minimum atomic E-state index is -4.69. The van der Waals surface area contributed by atoms with Crippen molar-refractivity contribution in [1.82, 2.24) is 45.2 Å². The Morgan fingerprint density at radius 2 is 1.71 bits per heavy atom. The molecule has 0 aliphatic carbocycles. The zero-order chi connectivity index (χ0) is 37.3. The number of nitrogens with zero attached hydrogens (tertiary/aromatic N) is 8. The number of hydrogen-bond donors (Lipinski definition) is 1. The molecular weight excluding hydrogens is 706 g/mol. The molecule has 1 saturated heterocycles. The maximum atomic E-state index is 12.6. The molecule has 3 aromatic heterocycles. The van der Waals surface area contributed by atoms with Crippen LogP contribution in [0.15, 0.2) is 66.9 Å². The molecule has 5 aromatic rings. The van der Waals surface area contributed by atoms with Gasteiger partial charge in [-0.1, -0.05) is 67.4 Å². The number of rotatable bonds is 8. The van der Waals surface area contributed by atoms with Gasteiger partial charge in [-0.05, 0) is 72.5 Å². The van der Waals surface area contributed by atoms with Gasteiger partial charge in [0.1, 0.15) is 12.2 Å². The van der Waals surface area contributed by atoms with Gasteiger partial charge in [-0.15, -0.1) is 10.2 Å². The summed E-state index contributed by atoms with van der Waals surface area (Å²) in [6.07, 6.45) is -2.23. The lowest BCUT2D eigenvalue weighted by Crippen LogP contribution is -2.37. The normalized spacial score (nSPS) is 14.3. The van der Waals surface area contributed by atoms with Crippen molar-refractivity contribution in [3.05, 3.63) is 116 Å². The third-order valence-electron chi connectivity index (χ3n) is 7.80. The number of halogens is 5. The number of nitrogens with one attached hydrogen (secondary N) is 1. The van der Waals surface area contributed by atoms with E-state index >= 15 is 0 Å². The number of hydrogen-bond acceptors (Lipinski definition) is 8. The number of ketones is 1. The van der Waals surface area contributed by atoms with E-state index in [1.165, 1.54) is 29.4 Å². The number of amides is 1. The molecule has 1 aliphatic heterocycles. The Morgan fingerprint density at radius 1 is 0.980 bits per heavy atom. The van der Waals surface area contributed by atoms with Crippen molar-refractivity contribution < 1.29 is 22.8 Å². The summed E-state index contributed by atoms with van der Waals surface area (Å²) in [7, 11) is 0. The maximum Gasteiger partial charge on any atom is 0.455 e. The average Bonchev–Trinajstić information content (AvgIpc) is 3.85. The van der Waals surface area contributed by atoms with Gasteiger partial charge in [-0.2, -0.15) is 23.1 Å². The Bertz CT molecular complexity index is 1950. The summed E-state index contributed by atoms with van der Waals surface area (Å²) >= 11 is 12.2. The van der Waals surface area contributed by atoms with Gasteiger partial charge < -0.3 is 5.32 Å². The van der Waals surface area contributed by atoms with Crippen LogP contribution in [0.2, 0.25) is 10.0 Å². The number of likely N-dealkylation sites (tertiary alicyclic amines) is 1. The van der Waals surface area contributed by atoms with E-state index in [-0.39, 0.29) is 46.5 Å². The lowest BCUT2D eigenvalue weighted by Gasteiger charge is -2.17. The van der Waals surface area contributed by atoms with Gasteiger partial charge in [-0.25, -0.2) is 9.67 Å². The van der Waals surface area contributed by atoms with Crippen LogP contribution in [0.4, 0.5) is 13.2 Å². The van der Waals surface area contributed by atoms with Crippen molar-refractivity contribution in [3.8, 4) is 5.82 Å². The van der Waals surface area contributed by atoms with E-state index in [2.05, 4.69) is 60.0 Å². The van der Waals surface area contributed by atoms with Crippen molar-refractivity contribution in [2.24, 2.45) is 0 Å². The fourth-order valence-electron chi connectivity index (χ4n) is 5.27. The molecule has 0 saturated carbocycles. The number of carbonyl (C=O) groups excluding carboxylic acids is 2. The second kappa shape index (κ2) is 17.5. The van der Waals surface area contributed by atoms with Crippen LogP contribution in [0.3, 0.4) is 0 Å². The number of alkyl halides is 3. The van der Waals surface area contributed by atoms with E-state index in [9.17, 15) is 22.8 Å². The second-order valence-corrected chi connectivity index (χ2v) is 12.4. The number of Topliss-reactive ketones (excluding diaryl/α,β-unsaturated/α-hetero) is 1. The maximum absolute atomic E-state index is 12.6. The lowest BCUT2D eigenvalue weighted by atomic mass is 10.0. The lowest BCUT2D eigenvalue weighted by molar-refractivity contribution is -0.145. The van der Waals surface area contributed by atoms with Gasteiger partial charge in [0.05, 0.1) is 10.7 Å². The van der Waals surface area contributed by atoms with Crippen LogP contribution < -0.4 is 5.32 Å². The minimum Gasteiger partial charge on any atom is -0.348 e. The van der Waals surface area contributed by atoms with E-state index in [1.54, 1.807) is 18.2 Å². The van der Waals surface area contributed by atoms with E-state index in [0.29, 0.717) is 10.6 Å². The fourth-order valence-corrected chi connectivity index (χ4v) is 5.75. The molecule has 0 radical (unpaired) electrons. The van der Waals surface area contributed by atoms with Crippen molar-refractivity contribution in [2.45, 2.75) is 66.3 Å². The summed E-state index contributed by atoms with van der Waals surface area (Å²) in [6.45, 7) is 11.9. The van der Waals surface area contributed by atoms with Crippen LogP contribution in [0.25, 0.3) is 5.82 Å². The molecule has 1 aliphatic rings. The number of benzene rings is 2. The van der Waals surface area contributed by atoms with Crippen LogP contribution in [-0.4, -0.2) is 70.7 Å². The molecule has 1 atom stereocenters. The van der Waals surface area contributed by atoms with Crippen molar-refractivity contribution in [1.29, 1.82) is 0 Å². The first-order chi connectivity index (χ1) is 24.3. The van der Waals surface area contributed by atoms with Crippen LogP contribution in [0, 0.1) is 13.8 Å². The first kappa shape index (κ1) is 39.1. The Labute approximate surface area is 303 Å². The van der Waals surface area contributed by atoms with Gasteiger partial charge in [0.15, 0.2) is 11.6 Å². The summed E-state index contributed by atoms with van der Waals surface area (Å²) in [5, 5.41) is 17.7. The van der Waals surface area contributed by atoms with E-state index in [1.807, 2.05) is 39.8 Å². The molecule has 0 bridgehead atoms. The van der Waals surface area contributed by atoms with Crippen LogP contribution >= 0.6 is 23.2 Å². The first-order valence-electron chi connectivity index (χ1n) is 16.2. The van der Waals surface area contributed by atoms with Gasteiger partial charge in [0.2, 0.25) is 0 Å². The van der Waals surface area contributed by atoms with Crippen LogP contribution in [0.5, 0.6) is 0 Å². The summed E-state index contributed by atoms with van der Waals surface area (Å²) in [6, 6.07) is 18.9. The number of aryl methyl sites for hydroxylation is 1. The summed E-state index contributed by atoms with van der Waals surface area (Å²) in [5.74, 6) is -1.47. The summed E-state index contributed by atoms with van der Waals surface area (Å²) in [5.41, 5.74) is 4.46. The van der Waals surface area contributed by atoms with E-state index in [4.69, 9.17) is 23.2 Å². The molecule has 6 rings (SSSR count). The van der Waals surface area contributed by atoms with Crippen molar-refractivity contribution in [3.63, 3.8) is 0 Å². The quantitative estimate of drug-likeness (QED) is 0.166. The highest BCUT2D eigenvalue weighted by atomic mass is 35.5. The van der Waals surface area contributed by atoms with Crippen molar-refractivity contribution >= 4 is 34.9 Å². The number of tetrazole rings is 1. The van der Waals surface area contributed by atoms with Gasteiger partial charge >= 0.3 is 6.18 Å². The Kier molecular flexibility index (Phi) is 13.4. The van der Waals surface area contributed by atoms with Gasteiger partial charge in [-0.3, -0.25) is 14.5 Å². The predicted octanol–water partition coefficient (Wildman–Crippen LogP) is 7.16. The molecule has 1 fully saturated rings. The topological polar surface area (TPSA) is 124 Å². The molecule has 1 amide bonds. The molecule has 16 heteroatoms. The second-order valence-electron chi connectivity index (χ2n) is 11.5. The highest BCUT2D eigenvalue weighted by Crippen LogP contribution is 2.25. The van der Waals surface area contributed by atoms with E-state index < -0.39 is 12.0 Å². The number of pyridine rings is 1. The zero-order valence-corrected chi connectivity index (χ0v) is 30.3. The van der Waals surface area contributed by atoms with Gasteiger partial charge in [0, 0.05) is 49.4 Å². The Hall–Kier alpha value is -4.66. The fraction of sp³-hybridized carbons (Fsp3) is 0.343. The molecule has 270 valence electrons. The van der Waals surface area contributed by atoms with E-state index in [0.717, 1.165) is 42.0 Å². The minimum absolute atomic E-state index is 0.0235. The number of aromatic nitrogens is 7. The summed E-state index contributed by atoms with van der Waals surface area (Å²) in [4.78, 5) is 31.6. The molecule has 1 N–H and O–H groups in total. The standard InChI is InChI=1S/C20H23ClN2O.C13H9ClF3N7O.C2H6/c1-14-10-17(21)11-19(15(14)2)20(24)22-18-8-9-23(13-18)12-16-6-4-3-5-7-16;1-7(25)10-5-8(6-23-21-12(19-22-23)13(15,16)17)20-24(10)11-9(14)3-2-4-18-11;1-2/h3-7,10-11,18H,8-9,12-13H2,1-2H3,(H,22,24);2-5H,6H2,1H3;1-2H3. The monoisotopic (exact) mass is 743 g/mol. The third kappa shape index (κ3) is 10.4. The zero-order valence-electron chi connectivity index (χ0n) is 28.7.